The summed E-state index contributed by atoms with van der Waals surface area (Å²) in [4.78, 5) is 15.2. The SMILES string of the molecule is CCOC(=O)c1cc(Nc2cccc(C)c2C)[nH]c1CC. The molecule has 0 unspecified atom stereocenters. The molecule has 0 atom stereocenters. The molecule has 2 N–H and O–H groups in total. The zero-order valence-corrected chi connectivity index (χ0v) is 13.0. The second-order valence-electron chi connectivity index (χ2n) is 5.02. The fourth-order valence-corrected chi connectivity index (χ4v) is 2.27. The first-order valence-electron chi connectivity index (χ1n) is 7.29. The summed E-state index contributed by atoms with van der Waals surface area (Å²) in [7, 11) is 0. The zero-order chi connectivity index (χ0) is 15.4. The van der Waals surface area contributed by atoms with E-state index >= 15 is 0 Å². The first-order valence-corrected chi connectivity index (χ1v) is 7.29. The van der Waals surface area contributed by atoms with Gasteiger partial charge in [0.2, 0.25) is 0 Å². The Kier molecular flexibility index (Phi) is 4.68. The van der Waals surface area contributed by atoms with Gasteiger partial charge in [0.25, 0.3) is 0 Å². The van der Waals surface area contributed by atoms with Gasteiger partial charge in [0.15, 0.2) is 0 Å². The standard InChI is InChI=1S/C17H22N2O2/c1-5-14-13(17(20)21-6-2)10-16(18-14)19-15-9-7-8-11(3)12(15)4/h7-10,18-19H,5-6H2,1-4H3. The largest absolute Gasteiger partial charge is 0.462 e. The lowest BCUT2D eigenvalue weighted by Gasteiger charge is -2.09. The molecular formula is C17H22N2O2. The molecule has 0 radical (unpaired) electrons. The third-order valence-electron chi connectivity index (χ3n) is 3.62. The highest BCUT2D eigenvalue weighted by Gasteiger charge is 2.15. The predicted octanol–water partition coefficient (Wildman–Crippen LogP) is 4.11. The second kappa shape index (κ2) is 6.48. The van der Waals surface area contributed by atoms with Crippen molar-refractivity contribution in [1.29, 1.82) is 0 Å². The van der Waals surface area contributed by atoms with Crippen LogP contribution in [-0.2, 0) is 11.2 Å². The molecule has 21 heavy (non-hydrogen) atoms. The average Bonchev–Trinajstić information content (AvgIpc) is 2.87. The molecule has 0 aliphatic heterocycles. The molecule has 1 aromatic carbocycles. The van der Waals surface area contributed by atoms with E-state index in [0.717, 1.165) is 23.6 Å². The Morgan fingerprint density at radius 2 is 2.05 bits per heavy atom. The van der Waals surface area contributed by atoms with Crippen LogP contribution in [0.5, 0.6) is 0 Å². The van der Waals surface area contributed by atoms with E-state index in [4.69, 9.17) is 4.74 Å². The number of aromatic nitrogens is 1. The average molecular weight is 286 g/mol. The Morgan fingerprint density at radius 3 is 2.71 bits per heavy atom. The maximum Gasteiger partial charge on any atom is 0.340 e. The molecule has 1 heterocycles. The van der Waals surface area contributed by atoms with Gasteiger partial charge in [-0.15, -0.1) is 0 Å². The van der Waals surface area contributed by atoms with E-state index in [1.165, 1.54) is 11.1 Å². The number of aromatic amines is 1. The minimum atomic E-state index is -0.278. The first-order chi connectivity index (χ1) is 10.1. The maximum atomic E-state index is 11.9. The monoisotopic (exact) mass is 286 g/mol. The Labute approximate surface area is 125 Å². The van der Waals surface area contributed by atoms with Crippen molar-refractivity contribution in [3.63, 3.8) is 0 Å². The minimum Gasteiger partial charge on any atom is -0.462 e. The quantitative estimate of drug-likeness (QED) is 0.813. The van der Waals surface area contributed by atoms with Gasteiger partial charge in [0, 0.05) is 11.4 Å². The lowest BCUT2D eigenvalue weighted by Crippen LogP contribution is -2.05. The number of hydrogen-bond acceptors (Lipinski definition) is 3. The van der Waals surface area contributed by atoms with Crippen molar-refractivity contribution in [2.75, 3.05) is 11.9 Å². The van der Waals surface area contributed by atoms with Gasteiger partial charge in [-0.3, -0.25) is 0 Å². The van der Waals surface area contributed by atoms with E-state index in [9.17, 15) is 4.79 Å². The summed E-state index contributed by atoms with van der Waals surface area (Å²) in [6.45, 7) is 8.36. The third-order valence-corrected chi connectivity index (χ3v) is 3.62. The van der Waals surface area contributed by atoms with Crippen molar-refractivity contribution < 1.29 is 9.53 Å². The molecule has 4 heteroatoms. The van der Waals surface area contributed by atoms with Gasteiger partial charge in [-0.1, -0.05) is 19.1 Å². The summed E-state index contributed by atoms with van der Waals surface area (Å²) < 4.78 is 5.09. The van der Waals surface area contributed by atoms with Crippen LogP contribution in [0.4, 0.5) is 11.5 Å². The predicted molar refractivity (Wildman–Crippen MR) is 85.3 cm³/mol. The lowest BCUT2D eigenvalue weighted by molar-refractivity contribution is 0.0525. The van der Waals surface area contributed by atoms with Gasteiger partial charge in [-0.2, -0.15) is 0 Å². The van der Waals surface area contributed by atoms with Crippen molar-refractivity contribution in [1.82, 2.24) is 4.98 Å². The van der Waals surface area contributed by atoms with Gasteiger partial charge in [0.1, 0.15) is 5.82 Å². The van der Waals surface area contributed by atoms with Crippen molar-refractivity contribution in [3.8, 4) is 0 Å². The second-order valence-corrected chi connectivity index (χ2v) is 5.02. The van der Waals surface area contributed by atoms with Crippen LogP contribution in [0.3, 0.4) is 0 Å². The number of esters is 1. The van der Waals surface area contributed by atoms with E-state index in [1.807, 2.05) is 32.0 Å². The molecule has 4 nitrogen and oxygen atoms in total. The lowest BCUT2D eigenvalue weighted by atomic mass is 10.1. The smallest absolute Gasteiger partial charge is 0.340 e. The molecule has 2 rings (SSSR count). The summed E-state index contributed by atoms with van der Waals surface area (Å²) in [5, 5.41) is 3.34. The minimum absolute atomic E-state index is 0.278. The Balaban J connectivity index is 2.29. The normalized spacial score (nSPS) is 10.5. The number of carbonyl (C=O) groups excluding carboxylic acids is 1. The van der Waals surface area contributed by atoms with Crippen LogP contribution < -0.4 is 5.32 Å². The number of hydrogen-bond donors (Lipinski definition) is 2. The number of aryl methyl sites for hydroxylation is 2. The van der Waals surface area contributed by atoms with E-state index in [1.54, 1.807) is 0 Å². The molecule has 0 spiro atoms. The van der Waals surface area contributed by atoms with Crippen molar-refractivity contribution >= 4 is 17.5 Å². The third kappa shape index (κ3) is 3.27. The molecule has 0 saturated carbocycles. The number of H-pyrrole nitrogens is 1. The summed E-state index contributed by atoms with van der Waals surface area (Å²) in [6.07, 6.45) is 0.753. The van der Waals surface area contributed by atoms with Crippen LogP contribution in [0, 0.1) is 13.8 Å². The maximum absolute atomic E-state index is 11.9. The summed E-state index contributed by atoms with van der Waals surface area (Å²) in [6, 6.07) is 7.94. The number of rotatable bonds is 5. The fourth-order valence-electron chi connectivity index (χ4n) is 2.27. The number of anilines is 2. The number of nitrogens with one attached hydrogen (secondary N) is 2. The summed E-state index contributed by atoms with van der Waals surface area (Å²) in [5.41, 5.74) is 4.96. The van der Waals surface area contributed by atoms with Gasteiger partial charge in [0.05, 0.1) is 12.2 Å². The number of ether oxygens (including phenoxy) is 1. The van der Waals surface area contributed by atoms with Gasteiger partial charge < -0.3 is 15.0 Å². The van der Waals surface area contributed by atoms with E-state index in [-0.39, 0.29) is 5.97 Å². The highest BCUT2D eigenvalue weighted by atomic mass is 16.5. The molecular weight excluding hydrogens is 264 g/mol. The molecule has 0 saturated heterocycles. The Hall–Kier alpha value is -2.23. The van der Waals surface area contributed by atoms with Crippen LogP contribution in [-0.4, -0.2) is 17.6 Å². The molecule has 0 aliphatic rings. The van der Waals surface area contributed by atoms with E-state index in [0.29, 0.717) is 12.2 Å². The van der Waals surface area contributed by atoms with Crippen molar-refractivity contribution in [2.24, 2.45) is 0 Å². The van der Waals surface area contributed by atoms with Gasteiger partial charge >= 0.3 is 5.97 Å². The summed E-state index contributed by atoms with van der Waals surface area (Å²) >= 11 is 0. The topological polar surface area (TPSA) is 54.1 Å². The van der Waals surface area contributed by atoms with Crippen LogP contribution in [0.15, 0.2) is 24.3 Å². The molecule has 112 valence electrons. The van der Waals surface area contributed by atoms with Crippen LogP contribution in [0.25, 0.3) is 0 Å². The fraction of sp³-hybridized carbons (Fsp3) is 0.353. The number of benzene rings is 1. The Bertz CT molecular complexity index is 644. The highest BCUT2D eigenvalue weighted by Crippen LogP contribution is 2.24. The van der Waals surface area contributed by atoms with Crippen LogP contribution >= 0.6 is 0 Å². The van der Waals surface area contributed by atoms with E-state index in [2.05, 4.69) is 30.2 Å². The number of carbonyl (C=O) groups is 1. The van der Waals surface area contributed by atoms with Crippen molar-refractivity contribution in [3.05, 3.63) is 46.6 Å². The molecule has 0 bridgehead atoms. The van der Waals surface area contributed by atoms with Crippen LogP contribution in [0.1, 0.15) is 41.0 Å². The van der Waals surface area contributed by atoms with E-state index < -0.39 is 0 Å². The summed E-state index contributed by atoms with van der Waals surface area (Å²) in [5.74, 6) is 0.531. The highest BCUT2D eigenvalue weighted by molar-refractivity contribution is 5.92. The molecule has 0 fully saturated rings. The molecule has 0 aliphatic carbocycles. The zero-order valence-electron chi connectivity index (χ0n) is 13.0. The molecule has 2 aromatic rings. The van der Waals surface area contributed by atoms with Gasteiger partial charge in [-0.25, -0.2) is 4.79 Å². The van der Waals surface area contributed by atoms with Crippen LogP contribution in [0.2, 0.25) is 0 Å². The molecule has 0 amide bonds. The first kappa shape index (κ1) is 15.2. The van der Waals surface area contributed by atoms with Gasteiger partial charge in [-0.05, 0) is 50.5 Å². The Morgan fingerprint density at radius 1 is 1.29 bits per heavy atom. The van der Waals surface area contributed by atoms with Crippen molar-refractivity contribution in [2.45, 2.75) is 34.1 Å². The molecule has 1 aromatic heterocycles.